The molecule has 0 amide bonds. The number of aromatic carboxylic acids is 4. The van der Waals surface area contributed by atoms with Gasteiger partial charge >= 0.3 is 23.9 Å². The van der Waals surface area contributed by atoms with Gasteiger partial charge in [-0.15, -0.1) is 0 Å². The Morgan fingerprint density at radius 3 is 1.35 bits per heavy atom. The van der Waals surface area contributed by atoms with E-state index in [9.17, 15) is 19.2 Å². The van der Waals surface area contributed by atoms with E-state index in [0.29, 0.717) is 6.07 Å². The SMILES string of the molecule is O=C(O)c1cc(C(=O)O)c(C(=O)O)nc1C(=O)O.c1cc[nH]c1. The molecular formula is C13H10N2O8. The molecule has 2 aromatic heterocycles. The molecule has 0 spiro atoms. The number of aromatic amines is 1. The second kappa shape index (κ2) is 7.36. The molecule has 23 heavy (non-hydrogen) atoms. The fourth-order valence-electron chi connectivity index (χ4n) is 1.44. The number of rotatable bonds is 4. The number of carboxylic acid groups (broad SMARTS) is 4. The zero-order valence-corrected chi connectivity index (χ0v) is 11.3. The Kier molecular flexibility index (Phi) is 5.55. The maximum absolute atomic E-state index is 10.7. The third-order valence-corrected chi connectivity index (χ3v) is 2.38. The smallest absolute Gasteiger partial charge is 0.355 e. The molecule has 10 nitrogen and oxygen atoms in total. The van der Waals surface area contributed by atoms with Gasteiger partial charge in [0.2, 0.25) is 0 Å². The zero-order chi connectivity index (χ0) is 17.6. The Labute approximate surface area is 127 Å². The van der Waals surface area contributed by atoms with Crippen molar-refractivity contribution in [3.63, 3.8) is 0 Å². The zero-order valence-electron chi connectivity index (χ0n) is 11.3. The van der Waals surface area contributed by atoms with Crippen LogP contribution in [0.1, 0.15) is 41.7 Å². The molecule has 2 heterocycles. The number of hydrogen-bond acceptors (Lipinski definition) is 5. The standard InChI is InChI=1S/C9H5NO8.C4H5N/c11-6(12)2-1-3(7(13)14)5(9(17)18)10-4(2)8(15)16;1-2-4-5-3-1/h1H,(H,11,12)(H,13,14)(H,15,16)(H,17,18);1-5H. The molecule has 0 saturated carbocycles. The Morgan fingerprint density at radius 2 is 1.13 bits per heavy atom. The first-order chi connectivity index (χ1) is 10.8. The fraction of sp³-hybridized carbons (Fsp3) is 0. The topological polar surface area (TPSA) is 178 Å². The van der Waals surface area contributed by atoms with E-state index >= 15 is 0 Å². The number of carbonyl (C=O) groups is 4. The molecule has 0 fully saturated rings. The molecule has 0 unspecified atom stereocenters. The summed E-state index contributed by atoms with van der Waals surface area (Å²) in [5, 5.41) is 34.8. The van der Waals surface area contributed by atoms with E-state index < -0.39 is 46.4 Å². The summed E-state index contributed by atoms with van der Waals surface area (Å²) in [6, 6.07) is 4.34. The van der Waals surface area contributed by atoms with Gasteiger partial charge in [-0.05, 0) is 18.2 Å². The van der Waals surface area contributed by atoms with Crippen LogP contribution in [-0.4, -0.2) is 54.3 Å². The van der Waals surface area contributed by atoms with Gasteiger partial charge in [0.1, 0.15) is 0 Å². The van der Waals surface area contributed by atoms with Gasteiger partial charge in [-0.25, -0.2) is 24.2 Å². The maximum Gasteiger partial charge on any atom is 0.355 e. The predicted octanol–water partition coefficient (Wildman–Crippen LogP) is 0.889. The molecule has 0 aromatic carbocycles. The van der Waals surface area contributed by atoms with Crippen LogP contribution in [0.4, 0.5) is 0 Å². The summed E-state index contributed by atoms with van der Waals surface area (Å²) < 4.78 is 0. The average Bonchev–Trinajstić information content (AvgIpc) is 3.04. The normalized spacial score (nSPS) is 9.39. The van der Waals surface area contributed by atoms with Gasteiger partial charge in [-0.3, -0.25) is 0 Å². The van der Waals surface area contributed by atoms with Crippen LogP contribution in [0.15, 0.2) is 30.6 Å². The lowest BCUT2D eigenvalue weighted by atomic mass is 10.1. The first-order valence-electron chi connectivity index (χ1n) is 5.81. The van der Waals surface area contributed by atoms with Crippen LogP contribution in [0.25, 0.3) is 0 Å². The van der Waals surface area contributed by atoms with Crippen LogP contribution in [0, 0.1) is 0 Å². The van der Waals surface area contributed by atoms with E-state index in [-0.39, 0.29) is 0 Å². The molecule has 0 radical (unpaired) electrons. The van der Waals surface area contributed by atoms with Crippen molar-refractivity contribution in [1.29, 1.82) is 0 Å². The highest BCUT2D eigenvalue weighted by Crippen LogP contribution is 2.14. The molecule has 0 atom stereocenters. The van der Waals surface area contributed by atoms with Gasteiger partial charge in [-0.2, -0.15) is 0 Å². The van der Waals surface area contributed by atoms with Gasteiger partial charge in [0.05, 0.1) is 11.1 Å². The lowest BCUT2D eigenvalue weighted by molar-refractivity contribution is 0.0626. The molecule has 5 N–H and O–H groups in total. The van der Waals surface area contributed by atoms with Crippen molar-refractivity contribution in [3.8, 4) is 0 Å². The van der Waals surface area contributed by atoms with Crippen molar-refractivity contribution in [2.75, 3.05) is 0 Å². The molecular weight excluding hydrogens is 312 g/mol. The predicted molar refractivity (Wildman–Crippen MR) is 72.9 cm³/mol. The van der Waals surface area contributed by atoms with Crippen LogP contribution in [0.3, 0.4) is 0 Å². The highest BCUT2D eigenvalue weighted by Gasteiger charge is 2.26. The molecule has 0 saturated heterocycles. The number of H-pyrrole nitrogens is 1. The van der Waals surface area contributed by atoms with Gasteiger partial charge in [0.15, 0.2) is 11.4 Å². The van der Waals surface area contributed by atoms with Crippen LogP contribution >= 0.6 is 0 Å². The van der Waals surface area contributed by atoms with Crippen molar-refractivity contribution >= 4 is 23.9 Å². The van der Waals surface area contributed by atoms with Crippen LogP contribution in [0.2, 0.25) is 0 Å². The average molecular weight is 322 g/mol. The van der Waals surface area contributed by atoms with Crippen molar-refractivity contribution in [3.05, 3.63) is 53.1 Å². The maximum atomic E-state index is 10.7. The molecule has 2 rings (SSSR count). The molecule has 0 bridgehead atoms. The summed E-state index contributed by atoms with van der Waals surface area (Å²) in [5.41, 5.74) is -3.87. The van der Waals surface area contributed by atoms with Crippen molar-refractivity contribution < 1.29 is 39.6 Å². The van der Waals surface area contributed by atoms with Crippen molar-refractivity contribution in [2.24, 2.45) is 0 Å². The first kappa shape index (κ1) is 17.4. The van der Waals surface area contributed by atoms with Gasteiger partial charge < -0.3 is 25.4 Å². The highest BCUT2D eigenvalue weighted by atomic mass is 16.4. The monoisotopic (exact) mass is 322 g/mol. The number of carboxylic acids is 4. The quantitative estimate of drug-likeness (QED) is 0.546. The van der Waals surface area contributed by atoms with E-state index in [1.54, 1.807) is 0 Å². The van der Waals surface area contributed by atoms with E-state index in [4.69, 9.17) is 20.4 Å². The minimum atomic E-state index is -1.77. The molecule has 0 aliphatic rings. The molecule has 0 aliphatic carbocycles. The van der Waals surface area contributed by atoms with Gasteiger partial charge in [-0.1, -0.05) is 0 Å². The minimum absolute atomic E-state index is 0.449. The van der Waals surface area contributed by atoms with E-state index in [1.807, 2.05) is 24.5 Å². The number of hydrogen-bond donors (Lipinski definition) is 5. The highest BCUT2D eigenvalue weighted by molar-refractivity contribution is 6.06. The first-order valence-corrected chi connectivity index (χ1v) is 5.81. The van der Waals surface area contributed by atoms with E-state index in [1.165, 1.54) is 0 Å². The summed E-state index contributed by atoms with van der Waals surface area (Å²) in [6.07, 6.45) is 3.75. The summed E-state index contributed by atoms with van der Waals surface area (Å²) in [5.74, 6) is -6.99. The van der Waals surface area contributed by atoms with Crippen molar-refractivity contribution in [2.45, 2.75) is 0 Å². The molecule has 120 valence electrons. The Morgan fingerprint density at radius 1 is 0.739 bits per heavy atom. The van der Waals surface area contributed by atoms with Crippen molar-refractivity contribution in [1.82, 2.24) is 9.97 Å². The number of nitrogens with one attached hydrogen (secondary N) is 1. The van der Waals surface area contributed by atoms with Crippen LogP contribution in [0.5, 0.6) is 0 Å². The third-order valence-electron chi connectivity index (χ3n) is 2.38. The number of pyridine rings is 1. The number of aromatic nitrogens is 2. The summed E-state index contributed by atoms with van der Waals surface area (Å²) >= 11 is 0. The second-order valence-electron chi connectivity index (χ2n) is 3.89. The Hall–Kier alpha value is -3.69. The van der Waals surface area contributed by atoms with E-state index in [0.717, 1.165) is 0 Å². The Balaban J connectivity index is 0.000000446. The largest absolute Gasteiger partial charge is 0.478 e. The summed E-state index contributed by atoms with van der Waals surface area (Å²) in [7, 11) is 0. The molecule has 10 heteroatoms. The molecule has 2 aromatic rings. The number of nitrogens with zero attached hydrogens (tertiary/aromatic N) is 1. The third kappa shape index (κ3) is 4.39. The lowest BCUT2D eigenvalue weighted by Gasteiger charge is -2.05. The van der Waals surface area contributed by atoms with Gasteiger partial charge in [0.25, 0.3) is 0 Å². The lowest BCUT2D eigenvalue weighted by Crippen LogP contribution is -2.18. The van der Waals surface area contributed by atoms with E-state index in [2.05, 4.69) is 9.97 Å². The van der Waals surface area contributed by atoms with Gasteiger partial charge in [0, 0.05) is 12.4 Å². The van der Waals surface area contributed by atoms with Crippen LogP contribution in [-0.2, 0) is 0 Å². The summed E-state index contributed by atoms with van der Waals surface area (Å²) in [6.45, 7) is 0. The Bertz CT molecular complexity index is 636. The van der Waals surface area contributed by atoms with Crippen LogP contribution < -0.4 is 0 Å². The molecule has 0 aliphatic heterocycles. The fourth-order valence-corrected chi connectivity index (χ4v) is 1.44. The summed E-state index contributed by atoms with van der Waals surface area (Å²) in [4.78, 5) is 48.8. The second-order valence-corrected chi connectivity index (χ2v) is 3.89. The minimum Gasteiger partial charge on any atom is -0.478 e.